The fourth-order valence-corrected chi connectivity index (χ4v) is 5.35. The van der Waals surface area contributed by atoms with Gasteiger partial charge in [-0.1, -0.05) is 29.8 Å². The van der Waals surface area contributed by atoms with E-state index in [0.717, 1.165) is 39.7 Å². The molecule has 2 amide bonds. The smallest absolute Gasteiger partial charge is 0.264 e. The second-order valence-corrected chi connectivity index (χ2v) is 10.8. The Kier molecular flexibility index (Phi) is 10.1. The Balaban J connectivity index is 2.02. The molecular formula is C29H34FN3O5S. The number of hydrogen-bond acceptors (Lipinski definition) is 5. The van der Waals surface area contributed by atoms with Gasteiger partial charge in [-0.05, 0) is 81.8 Å². The minimum atomic E-state index is -4.28. The van der Waals surface area contributed by atoms with Crippen LogP contribution in [-0.2, 0) is 26.2 Å². The first kappa shape index (κ1) is 29.6. The third-order valence-electron chi connectivity index (χ3n) is 6.11. The van der Waals surface area contributed by atoms with Crippen LogP contribution in [0, 0.1) is 12.7 Å². The van der Waals surface area contributed by atoms with Gasteiger partial charge in [-0.3, -0.25) is 13.9 Å². The highest BCUT2D eigenvalue weighted by atomic mass is 32.2. The lowest BCUT2D eigenvalue weighted by molar-refractivity contribution is -0.139. The van der Waals surface area contributed by atoms with Gasteiger partial charge in [-0.2, -0.15) is 0 Å². The zero-order valence-corrected chi connectivity index (χ0v) is 23.4. The minimum absolute atomic E-state index is 0.102. The van der Waals surface area contributed by atoms with Crippen molar-refractivity contribution < 1.29 is 27.1 Å². The van der Waals surface area contributed by atoms with Crippen molar-refractivity contribution in [3.8, 4) is 5.75 Å². The van der Waals surface area contributed by atoms with Crippen LogP contribution in [0.25, 0.3) is 0 Å². The summed E-state index contributed by atoms with van der Waals surface area (Å²) in [6.07, 6.45) is 0. The molecule has 3 aromatic rings. The number of carbonyl (C=O) groups is 2. The maximum absolute atomic E-state index is 13.8. The summed E-state index contributed by atoms with van der Waals surface area (Å²) < 4.78 is 47.5. The molecular weight excluding hydrogens is 521 g/mol. The molecule has 0 aromatic heterocycles. The van der Waals surface area contributed by atoms with E-state index in [2.05, 4.69) is 5.32 Å². The Morgan fingerprint density at radius 1 is 0.949 bits per heavy atom. The van der Waals surface area contributed by atoms with E-state index in [1.165, 1.54) is 17.0 Å². The lowest BCUT2D eigenvalue weighted by Gasteiger charge is -2.32. The molecule has 0 spiro atoms. The van der Waals surface area contributed by atoms with E-state index >= 15 is 0 Å². The standard InChI is InChI=1S/C29H34FN3O5S/c1-5-31-29(35)22(4)32(19-23-9-7-21(3)8-10-23)28(34)20-33(25-13-15-26(16-14-25)38-6-2)39(36,37)27-17-11-24(30)12-18-27/h7-18,22H,5-6,19-20H2,1-4H3,(H,31,35). The number of rotatable bonds is 12. The number of amides is 2. The summed E-state index contributed by atoms with van der Waals surface area (Å²) in [5.74, 6) is -0.976. The largest absolute Gasteiger partial charge is 0.494 e. The van der Waals surface area contributed by atoms with Crippen molar-refractivity contribution in [1.82, 2.24) is 10.2 Å². The Bertz CT molecular complexity index is 1360. The molecule has 0 aliphatic rings. The number of nitrogens with zero attached hydrogens (tertiary/aromatic N) is 2. The van der Waals surface area contributed by atoms with E-state index in [-0.39, 0.29) is 23.0 Å². The number of carbonyl (C=O) groups excluding carboxylic acids is 2. The molecule has 3 aromatic carbocycles. The monoisotopic (exact) mass is 555 g/mol. The molecule has 0 aliphatic heterocycles. The van der Waals surface area contributed by atoms with Crippen LogP contribution in [0.15, 0.2) is 77.7 Å². The third-order valence-corrected chi connectivity index (χ3v) is 7.90. The molecule has 1 N–H and O–H groups in total. The first-order valence-electron chi connectivity index (χ1n) is 12.7. The maximum Gasteiger partial charge on any atom is 0.264 e. The normalized spacial score (nSPS) is 11.9. The highest BCUT2D eigenvalue weighted by Gasteiger charge is 2.32. The van der Waals surface area contributed by atoms with Crippen LogP contribution in [-0.4, -0.2) is 50.9 Å². The molecule has 8 nitrogen and oxygen atoms in total. The van der Waals surface area contributed by atoms with Crippen LogP contribution < -0.4 is 14.4 Å². The second-order valence-electron chi connectivity index (χ2n) is 8.97. The minimum Gasteiger partial charge on any atom is -0.494 e. The lowest BCUT2D eigenvalue weighted by atomic mass is 10.1. The number of anilines is 1. The van der Waals surface area contributed by atoms with E-state index in [0.29, 0.717) is 18.9 Å². The highest BCUT2D eigenvalue weighted by Crippen LogP contribution is 2.27. The molecule has 1 unspecified atom stereocenters. The SMILES string of the molecule is CCNC(=O)C(C)N(Cc1ccc(C)cc1)C(=O)CN(c1ccc(OCC)cc1)S(=O)(=O)c1ccc(F)cc1. The summed E-state index contributed by atoms with van der Waals surface area (Å²) in [7, 11) is -4.28. The molecule has 10 heteroatoms. The lowest BCUT2D eigenvalue weighted by Crippen LogP contribution is -2.51. The van der Waals surface area contributed by atoms with Crippen molar-refractivity contribution in [2.24, 2.45) is 0 Å². The zero-order valence-electron chi connectivity index (χ0n) is 22.6. The van der Waals surface area contributed by atoms with Gasteiger partial charge >= 0.3 is 0 Å². The molecule has 0 aliphatic carbocycles. The van der Waals surface area contributed by atoms with Gasteiger partial charge in [0.25, 0.3) is 10.0 Å². The van der Waals surface area contributed by atoms with E-state index in [1.807, 2.05) is 38.1 Å². The van der Waals surface area contributed by atoms with Crippen LogP contribution in [0.1, 0.15) is 31.9 Å². The van der Waals surface area contributed by atoms with Gasteiger partial charge in [0.05, 0.1) is 17.2 Å². The Labute approximate surface area is 229 Å². The van der Waals surface area contributed by atoms with Gasteiger partial charge in [0.1, 0.15) is 24.2 Å². The predicted molar refractivity (Wildman–Crippen MR) is 148 cm³/mol. The summed E-state index contributed by atoms with van der Waals surface area (Å²) in [4.78, 5) is 27.7. The van der Waals surface area contributed by atoms with E-state index < -0.39 is 34.3 Å². The molecule has 39 heavy (non-hydrogen) atoms. The van der Waals surface area contributed by atoms with Gasteiger partial charge in [-0.25, -0.2) is 12.8 Å². The van der Waals surface area contributed by atoms with Gasteiger partial charge in [0.2, 0.25) is 11.8 Å². The molecule has 0 radical (unpaired) electrons. The number of hydrogen-bond donors (Lipinski definition) is 1. The summed E-state index contributed by atoms with van der Waals surface area (Å²) >= 11 is 0. The van der Waals surface area contributed by atoms with Gasteiger partial charge < -0.3 is 15.0 Å². The van der Waals surface area contributed by atoms with Gasteiger partial charge in [-0.15, -0.1) is 0 Å². The average molecular weight is 556 g/mol. The van der Waals surface area contributed by atoms with Crippen LogP contribution in [0.4, 0.5) is 10.1 Å². The van der Waals surface area contributed by atoms with E-state index in [4.69, 9.17) is 4.74 Å². The number of benzene rings is 3. The fraction of sp³-hybridized carbons (Fsp3) is 0.310. The molecule has 0 saturated carbocycles. The van der Waals surface area contributed by atoms with Gasteiger partial charge in [0.15, 0.2) is 0 Å². The predicted octanol–water partition coefficient (Wildman–Crippen LogP) is 4.28. The number of halogens is 1. The number of nitrogens with one attached hydrogen (secondary N) is 1. The van der Waals surface area contributed by atoms with Crippen molar-refractivity contribution in [3.63, 3.8) is 0 Å². The number of ether oxygens (including phenoxy) is 1. The summed E-state index contributed by atoms with van der Waals surface area (Å²) in [5.41, 5.74) is 2.05. The average Bonchev–Trinajstić information content (AvgIpc) is 2.92. The molecule has 1 atom stereocenters. The molecule has 0 fully saturated rings. The van der Waals surface area contributed by atoms with E-state index in [9.17, 15) is 22.4 Å². The first-order chi connectivity index (χ1) is 18.6. The van der Waals surface area contributed by atoms with Crippen molar-refractivity contribution >= 4 is 27.5 Å². The summed E-state index contributed by atoms with van der Waals surface area (Å²) in [5, 5.41) is 2.73. The fourth-order valence-electron chi connectivity index (χ4n) is 3.93. The Morgan fingerprint density at radius 2 is 1.56 bits per heavy atom. The quantitative estimate of drug-likeness (QED) is 0.360. The zero-order chi connectivity index (χ0) is 28.6. The maximum atomic E-state index is 13.8. The molecule has 0 saturated heterocycles. The summed E-state index contributed by atoms with van der Waals surface area (Å²) in [6, 6.07) is 17.4. The molecule has 3 rings (SSSR count). The third kappa shape index (κ3) is 7.57. The molecule has 0 bridgehead atoms. The van der Waals surface area contributed by atoms with Gasteiger partial charge in [0, 0.05) is 13.1 Å². The van der Waals surface area contributed by atoms with Crippen molar-refractivity contribution in [2.45, 2.75) is 45.2 Å². The van der Waals surface area contributed by atoms with Crippen LogP contribution in [0.2, 0.25) is 0 Å². The van der Waals surface area contributed by atoms with Crippen molar-refractivity contribution in [3.05, 3.63) is 89.7 Å². The number of likely N-dealkylation sites (N-methyl/N-ethyl adjacent to an activating group) is 1. The molecule has 208 valence electrons. The number of aryl methyl sites for hydroxylation is 1. The highest BCUT2D eigenvalue weighted by molar-refractivity contribution is 7.92. The van der Waals surface area contributed by atoms with E-state index in [1.54, 1.807) is 26.0 Å². The van der Waals surface area contributed by atoms with Crippen LogP contribution >= 0.6 is 0 Å². The molecule has 0 heterocycles. The summed E-state index contributed by atoms with van der Waals surface area (Å²) in [6.45, 7) is 7.49. The first-order valence-corrected chi connectivity index (χ1v) is 14.1. The van der Waals surface area contributed by atoms with Crippen molar-refractivity contribution in [1.29, 1.82) is 0 Å². The Morgan fingerprint density at radius 3 is 2.13 bits per heavy atom. The second kappa shape index (κ2) is 13.2. The topological polar surface area (TPSA) is 96.0 Å². The Hall–Kier alpha value is -3.92. The van der Waals surface area contributed by atoms with Crippen LogP contribution in [0.3, 0.4) is 0 Å². The van der Waals surface area contributed by atoms with Crippen LogP contribution in [0.5, 0.6) is 5.75 Å². The van der Waals surface area contributed by atoms with Crippen molar-refractivity contribution in [2.75, 3.05) is 24.0 Å². The number of sulfonamides is 1.